The molecular formula is C19H19N3O. The van der Waals surface area contributed by atoms with Crippen LogP contribution in [0.5, 0.6) is 0 Å². The SMILES string of the molecule is O=C(Cc1c[nH]c2ccccc12)N1CCC[C@H]1c1cccnc1. The molecule has 0 unspecified atom stereocenters. The predicted octanol–water partition coefficient (Wildman–Crippen LogP) is 3.47. The molecule has 1 N–H and O–H groups in total. The molecule has 1 aromatic carbocycles. The first-order valence-corrected chi connectivity index (χ1v) is 8.07. The van der Waals surface area contributed by atoms with Crippen molar-refractivity contribution in [1.29, 1.82) is 0 Å². The molecule has 1 fully saturated rings. The maximum Gasteiger partial charge on any atom is 0.227 e. The molecule has 1 saturated heterocycles. The van der Waals surface area contributed by atoms with E-state index in [0.29, 0.717) is 6.42 Å². The fraction of sp³-hybridized carbons (Fsp3) is 0.263. The molecule has 0 radical (unpaired) electrons. The summed E-state index contributed by atoms with van der Waals surface area (Å²) in [7, 11) is 0. The van der Waals surface area contributed by atoms with Crippen LogP contribution in [0.3, 0.4) is 0 Å². The third-order valence-corrected chi connectivity index (χ3v) is 4.66. The van der Waals surface area contributed by atoms with Crippen LogP contribution in [0.4, 0.5) is 0 Å². The molecule has 3 heterocycles. The van der Waals surface area contributed by atoms with Crippen molar-refractivity contribution in [3.05, 3.63) is 66.1 Å². The van der Waals surface area contributed by atoms with E-state index >= 15 is 0 Å². The van der Waals surface area contributed by atoms with Gasteiger partial charge in [-0.15, -0.1) is 0 Å². The van der Waals surface area contributed by atoms with Gasteiger partial charge in [-0.05, 0) is 36.1 Å². The molecule has 4 heteroatoms. The third-order valence-electron chi connectivity index (χ3n) is 4.66. The number of amides is 1. The van der Waals surface area contributed by atoms with E-state index in [4.69, 9.17) is 0 Å². The lowest BCUT2D eigenvalue weighted by molar-refractivity contribution is -0.131. The number of hydrogen-bond acceptors (Lipinski definition) is 2. The fourth-order valence-electron chi connectivity index (χ4n) is 3.53. The van der Waals surface area contributed by atoms with Crippen molar-refractivity contribution in [1.82, 2.24) is 14.9 Å². The van der Waals surface area contributed by atoms with Crippen molar-refractivity contribution < 1.29 is 4.79 Å². The molecule has 23 heavy (non-hydrogen) atoms. The Bertz CT molecular complexity index is 825. The molecule has 0 saturated carbocycles. The Labute approximate surface area is 135 Å². The number of para-hydroxylation sites is 1. The zero-order chi connectivity index (χ0) is 15.6. The predicted molar refractivity (Wildman–Crippen MR) is 89.9 cm³/mol. The number of carbonyl (C=O) groups excluding carboxylic acids is 1. The summed E-state index contributed by atoms with van der Waals surface area (Å²) in [6.45, 7) is 0.834. The van der Waals surface area contributed by atoms with Gasteiger partial charge in [-0.3, -0.25) is 9.78 Å². The van der Waals surface area contributed by atoms with Gasteiger partial charge in [0.05, 0.1) is 12.5 Å². The summed E-state index contributed by atoms with van der Waals surface area (Å²) < 4.78 is 0. The zero-order valence-electron chi connectivity index (χ0n) is 12.9. The second-order valence-corrected chi connectivity index (χ2v) is 6.07. The standard InChI is InChI=1S/C19H19N3O/c23-19(11-15-13-21-17-7-2-1-6-16(15)17)22-10-4-8-18(22)14-5-3-9-20-12-14/h1-3,5-7,9,12-13,18,21H,4,8,10-11H2/t18-/m0/s1. The highest BCUT2D eigenvalue weighted by atomic mass is 16.2. The van der Waals surface area contributed by atoms with Gasteiger partial charge in [-0.25, -0.2) is 0 Å². The van der Waals surface area contributed by atoms with E-state index in [9.17, 15) is 4.79 Å². The van der Waals surface area contributed by atoms with Gasteiger partial charge in [0, 0.05) is 36.0 Å². The summed E-state index contributed by atoms with van der Waals surface area (Å²) in [4.78, 5) is 22.3. The molecule has 116 valence electrons. The number of likely N-dealkylation sites (tertiary alicyclic amines) is 1. The summed E-state index contributed by atoms with van der Waals surface area (Å²) in [5.41, 5.74) is 3.29. The number of nitrogens with zero attached hydrogens (tertiary/aromatic N) is 2. The number of pyridine rings is 1. The zero-order valence-corrected chi connectivity index (χ0v) is 12.9. The maximum atomic E-state index is 12.8. The number of nitrogens with one attached hydrogen (secondary N) is 1. The Kier molecular flexibility index (Phi) is 3.58. The quantitative estimate of drug-likeness (QED) is 0.805. The van der Waals surface area contributed by atoms with Crippen LogP contribution in [0.25, 0.3) is 10.9 Å². The second-order valence-electron chi connectivity index (χ2n) is 6.07. The summed E-state index contributed by atoms with van der Waals surface area (Å²) in [5, 5.41) is 1.14. The van der Waals surface area contributed by atoms with Gasteiger partial charge in [0.2, 0.25) is 5.91 Å². The number of hydrogen-bond donors (Lipinski definition) is 1. The average molecular weight is 305 g/mol. The van der Waals surface area contributed by atoms with Crippen molar-refractivity contribution in [2.75, 3.05) is 6.54 Å². The third kappa shape index (κ3) is 2.61. The van der Waals surface area contributed by atoms with E-state index in [1.807, 2.05) is 41.6 Å². The van der Waals surface area contributed by atoms with Gasteiger partial charge in [-0.1, -0.05) is 24.3 Å². The van der Waals surface area contributed by atoms with Gasteiger partial charge in [0.1, 0.15) is 0 Å². The Hall–Kier alpha value is -2.62. The van der Waals surface area contributed by atoms with Crippen LogP contribution in [0, 0.1) is 0 Å². The number of fused-ring (bicyclic) bond motifs is 1. The summed E-state index contributed by atoms with van der Waals surface area (Å²) >= 11 is 0. The van der Waals surface area contributed by atoms with E-state index in [1.54, 1.807) is 6.20 Å². The molecule has 0 spiro atoms. The minimum absolute atomic E-state index is 0.168. The Morgan fingerprint density at radius 2 is 2.17 bits per heavy atom. The molecule has 4 nitrogen and oxygen atoms in total. The average Bonchev–Trinajstić information content (AvgIpc) is 3.23. The normalized spacial score (nSPS) is 17.7. The molecule has 2 aromatic heterocycles. The number of carbonyl (C=O) groups is 1. The minimum atomic E-state index is 0.168. The lowest BCUT2D eigenvalue weighted by Gasteiger charge is -2.24. The highest BCUT2D eigenvalue weighted by Gasteiger charge is 2.30. The molecule has 1 atom stereocenters. The maximum absolute atomic E-state index is 12.8. The number of rotatable bonds is 3. The summed E-state index contributed by atoms with van der Waals surface area (Å²) in [6, 6.07) is 12.3. The molecule has 1 aliphatic rings. The second kappa shape index (κ2) is 5.88. The van der Waals surface area contributed by atoms with Crippen LogP contribution in [-0.2, 0) is 11.2 Å². The van der Waals surface area contributed by atoms with Gasteiger partial charge in [-0.2, -0.15) is 0 Å². The van der Waals surface area contributed by atoms with Crippen LogP contribution >= 0.6 is 0 Å². The van der Waals surface area contributed by atoms with Crippen molar-refractivity contribution in [3.63, 3.8) is 0 Å². The van der Waals surface area contributed by atoms with E-state index in [1.165, 1.54) is 0 Å². The van der Waals surface area contributed by atoms with E-state index in [2.05, 4.69) is 22.1 Å². The smallest absolute Gasteiger partial charge is 0.227 e. The van der Waals surface area contributed by atoms with Crippen LogP contribution in [0.2, 0.25) is 0 Å². The van der Waals surface area contributed by atoms with Crippen LogP contribution in [0.1, 0.15) is 30.0 Å². The summed E-state index contributed by atoms with van der Waals surface area (Å²) in [5.74, 6) is 0.195. The number of benzene rings is 1. The first-order valence-electron chi connectivity index (χ1n) is 8.07. The van der Waals surface area contributed by atoms with Crippen LogP contribution in [-0.4, -0.2) is 27.3 Å². The largest absolute Gasteiger partial charge is 0.361 e. The van der Waals surface area contributed by atoms with Gasteiger partial charge in [0.15, 0.2) is 0 Å². The Balaban J connectivity index is 1.56. The molecule has 1 aliphatic heterocycles. The molecule has 3 aromatic rings. The van der Waals surface area contributed by atoms with Crippen molar-refractivity contribution in [3.8, 4) is 0 Å². The Morgan fingerprint density at radius 1 is 1.26 bits per heavy atom. The van der Waals surface area contributed by atoms with E-state index in [0.717, 1.165) is 41.4 Å². The van der Waals surface area contributed by atoms with Gasteiger partial charge < -0.3 is 9.88 Å². The number of H-pyrrole nitrogens is 1. The lowest BCUT2D eigenvalue weighted by Crippen LogP contribution is -2.31. The fourth-order valence-corrected chi connectivity index (χ4v) is 3.53. The van der Waals surface area contributed by atoms with Crippen molar-refractivity contribution in [2.24, 2.45) is 0 Å². The van der Waals surface area contributed by atoms with Crippen LogP contribution in [0.15, 0.2) is 55.0 Å². The highest BCUT2D eigenvalue weighted by Crippen LogP contribution is 2.32. The number of aromatic amines is 1. The van der Waals surface area contributed by atoms with Gasteiger partial charge >= 0.3 is 0 Å². The Morgan fingerprint density at radius 3 is 3.04 bits per heavy atom. The first-order chi connectivity index (χ1) is 11.3. The lowest BCUT2D eigenvalue weighted by atomic mass is 10.1. The summed E-state index contributed by atoms with van der Waals surface area (Å²) in [6.07, 6.45) is 8.13. The number of aromatic nitrogens is 2. The van der Waals surface area contributed by atoms with Crippen molar-refractivity contribution in [2.45, 2.75) is 25.3 Å². The van der Waals surface area contributed by atoms with E-state index < -0.39 is 0 Å². The highest BCUT2D eigenvalue weighted by molar-refractivity contribution is 5.89. The van der Waals surface area contributed by atoms with Gasteiger partial charge in [0.25, 0.3) is 0 Å². The van der Waals surface area contributed by atoms with E-state index in [-0.39, 0.29) is 11.9 Å². The molecule has 4 rings (SSSR count). The molecular weight excluding hydrogens is 286 g/mol. The topological polar surface area (TPSA) is 49.0 Å². The monoisotopic (exact) mass is 305 g/mol. The molecule has 1 amide bonds. The first kappa shape index (κ1) is 14.0. The molecule has 0 aliphatic carbocycles. The van der Waals surface area contributed by atoms with Crippen LogP contribution < -0.4 is 0 Å². The minimum Gasteiger partial charge on any atom is -0.361 e. The van der Waals surface area contributed by atoms with Crippen molar-refractivity contribution >= 4 is 16.8 Å². The molecule has 0 bridgehead atoms.